The van der Waals surface area contributed by atoms with Crippen molar-refractivity contribution in [3.8, 4) is 5.75 Å². The van der Waals surface area contributed by atoms with E-state index < -0.39 is 11.0 Å². The summed E-state index contributed by atoms with van der Waals surface area (Å²) >= 11 is 0. The summed E-state index contributed by atoms with van der Waals surface area (Å²) in [6, 6.07) is 11.3. The van der Waals surface area contributed by atoms with Crippen LogP contribution in [0.25, 0.3) is 0 Å². The van der Waals surface area contributed by atoms with Crippen LogP contribution in [0.3, 0.4) is 0 Å². The number of rotatable bonds is 6. The van der Waals surface area contributed by atoms with Gasteiger partial charge >= 0.3 is 0 Å². The summed E-state index contributed by atoms with van der Waals surface area (Å²) in [6.07, 6.45) is -0.284. The topological polar surface area (TPSA) is 89.8 Å². The Labute approximate surface area is 163 Å². The highest BCUT2D eigenvalue weighted by atomic mass is 16.6. The molecule has 7 heteroatoms. The molecule has 0 fully saturated rings. The van der Waals surface area contributed by atoms with Gasteiger partial charge in [0, 0.05) is 17.7 Å². The first-order valence-electron chi connectivity index (χ1n) is 9.21. The van der Waals surface area contributed by atoms with Gasteiger partial charge in [-0.25, -0.2) is 0 Å². The van der Waals surface area contributed by atoms with Crippen LogP contribution in [0.2, 0.25) is 0 Å². The fourth-order valence-corrected chi connectivity index (χ4v) is 3.14. The maximum Gasteiger partial charge on any atom is 0.271 e. The Morgan fingerprint density at radius 2 is 1.89 bits per heavy atom. The number of amides is 1. The molecule has 2 aromatic rings. The minimum Gasteiger partial charge on any atom is -0.478 e. The number of Topliss-reactive ketones (excluding diaryl/α,β-unsaturated/α-hetero) is 1. The molecule has 0 saturated heterocycles. The van der Waals surface area contributed by atoms with Gasteiger partial charge in [0.15, 0.2) is 11.9 Å². The molecule has 146 valence electrons. The Morgan fingerprint density at radius 3 is 2.46 bits per heavy atom. The minimum atomic E-state index is -0.718. The normalized spacial score (nSPS) is 15.9. The molecule has 1 aliphatic heterocycles. The Kier molecular flexibility index (Phi) is 5.44. The van der Waals surface area contributed by atoms with Gasteiger partial charge in [0.05, 0.1) is 17.2 Å². The van der Waals surface area contributed by atoms with E-state index in [-0.39, 0.29) is 29.6 Å². The van der Waals surface area contributed by atoms with E-state index in [1.165, 1.54) is 23.1 Å². The first kappa shape index (κ1) is 19.5. The number of anilines is 1. The molecule has 0 aromatic heterocycles. The van der Waals surface area contributed by atoms with Crippen LogP contribution in [0.4, 0.5) is 11.4 Å². The lowest BCUT2D eigenvalue weighted by Crippen LogP contribution is -2.47. The lowest BCUT2D eigenvalue weighted by atomic mass is 10.00. The summed E-state index contributed by atoms with van der Waals surface area (Å²) in [7, 11) is 0. The summed E-state index contributed by atoms with van der Waals surface area (Å²) in [5, 5.41) is 11.1. The highest BCUT2D eigenvalue weighted by Gasteiger charge is 2.35. The summed E-state index contributed by atoms with van der Waals surface area (Å²) in [4.78, 5) is 37.5. The zero-order valence-electron chi connectivity index (χ0n) is 16.0. The van der Waals surface area contributed by atoms with Crippen LogP contribution in [-0.2, 0) is 4.79 Å². The van der Waals surface area contributed by atoms with Crippen molar-refractivity contribution in [1.29, 1.82) is 0 Å². The largest absolute Gasteiger partial charge is 0.478 e. The van der Waals surface area contributed by atoms with Crippen molar-refractivity contribution in [2.45, 2.75) is 39.2 Å². The van der Waals surface area contributed by atoms with Crippen molar-refractivity contribution < 1.29 is 19.2 Å². The van der Waals surface area contributed by atoms with Gasteiger partial charge in [0.1, 0.15) is 5.75 Å². The van der Waals surface area contributed by atoms with Gasteiger partial charge in [0.2, 0.25) is 0 Å². The second kappa shape index (κ2) is 7.80. The number of benzene rings is 2. The number of carbonyl (C=O) groups excluding carboxylic acids is 2. The second-order valence-electron chi connectivity index (χ2n) is 7.05. The number of hydrogen-bond donors (Lipinski definition) is 0. The number of carbonyl (C=O) groups is 2. The maximum absolute atomic E-state index is 12.8. The first-order valence-corrected chi connectivity index (χ1v) is 9.21. The number of nitrogens with zero attached hydrogens (tertiary/aromatic N) is 2. The molecule has 2 aromatic carbocycles. The minimum absolute atomic E-state index is 0.163. The molecule has 1 unspecified atom stereocenters. The third kappa shape index (κ3) is 3.74. The Hall–Kier alpha value is -3.22. The molecule has 7 nitrogen and oxygen atoms in total. The molecule has 1 atom stereocenters. The number of fused-ring (bicyclic) bond motifs is 1. The predicted octanol–water partition coefficient (Wildman–Crippen LogP) is 4.11. The van der Waals surface area contributed by atoms with Gasteiger partial charge in [-0.1, -0.05) is 45.0 Å². The average molecular weight is 382 g/mol. The smallest absolute Gasteiger partial charge is 0.271 e. The van der Waals surface area contributed by atoms with Crippen LogP contribution in [0.5, 0.6) is 5.75 Å². The van der Waals surface area contributed by atoms with E-state index in [1.54, 1.807) is 12.1 Å². The quantitative estimate of drug-likeness (QED) is 0.426. The van der Waals surface area contributed by atoms with Crippen LogP contribution in [0.15, 0.2) is 42.5 Å². The van der Waals surface area contributed by atoms with E-state index >= 15 is 0 Å². The monoisotopic (exact) mass is 382 g/mol. The zero-order chi connectivity index (χ0) is 20.4. The molecule has 3 rings (SSSR count). The molecular weight excluding hydrogens is 360 g/mol. The van der Waals surface area contributed by atoms with E-state index in [0.717, 1.165) is 5.56 Å². The molecule has 0 radical (unpaired) electrons. The Balaban J connectivity index is 1.93. The van der Waals surface area contributed by atoms with Crippen molar-refractivity contribution in [1.82, 2.24) is 0 Å². The summed E-state index contributed by atoms with van der Waals surface area (Å²) in [5.41, 5.74) is 1.69. The van der Waals surface area contributed by atoms with E-state index in [9.17, 15) is 19.7 Å². The van der Waals surface area contributed by atoms with E-state index in [4.69, 9.17) is 4.74 Å². The van der Waals surface area contributed by atoms with Crippen molar-refractivity contribution in [2.24, 2.45) is 0 Å². The van der Waals surface area contributed by atoms with Gasteiger partial charge in [-0.05, 0) is 24.0 Å². The lowest BCUT2D eigenvalue weighted by molar-refractivity contribution is -0.384. The predicted molar refractivity (Wildman–Crippen MR) is 105 cm³/mol. The number of ketones is 1. The fraction of sp³-hybridized carbons (Fsp3) is 0.333. The Bertz CT molecular complexity index is 921. The molecule has 0 bridgehead atoms. The van der Waals surface area contributed by atoms with Crippen molar-refractivity contribution >= 4 is 23.1 Å². The van der Waals surface area contributed by atoms with Crippen LogP contribution in [-0.4, -0.2) is 29.3 Å². The van der Waals surface area contributed by atoms with Gasteiger partial charge in [-0.2, -0.15) is 0 Å². The molecule has 1 heterocycles. The molecular formula is C21H22N2O5. The summed E-state index contributed by atoms with van der Waals surface area (Å²) in [6.45, 7) is 5.74. The van der Waals surface area contributed by atoms with Crippen LogP contribution >= 0.6 is 0 Å². The van der Waals surface area contributed by atoms with Crippen LogP contribution in [0, 0.1) is 10.1 Å². The molecule has 1 amide bonds. The summed E-state index contributed by atoms with van der Waals surface area (Å²) in [5.74, 6) is 0.100. The average Bonchev–Trinajstić information content (AvgIpc) is 2.69. The first-order chi connectivity index (χ1) is 13.3. The number of nitro groups is 1. The van der Waals surface area contributed by atoms with Gasteiger partial charge in [-0.3, -0.25) is 24.6 Å². The molecule has 1 aliphatic rings. The molecule has 0 saturated carbocycles. The van der Waals surface area contributed by atoms with Crippen LogP contribution in [0.1, 0.15) is 49.0 Å². The van der Waals surface area contributed by atoms with E-state index in [1.807, 2.05) is 19.1 Å². The standard InChI is InChI=1S/C21H22N2O5/c1-4-19-21(25)22(17-11-16(23(26)27)9-10-20(17)28-19)12-18(24)15-7-5-14(6-8-15)13(2)3/h5-11,13,19H,4,12H2,1-3H3. The van der Waals surface area contributed by atoms with Gasteiger partial charge in [-0.15, -0.1) is 0 Å². The molecule has 28 heavy (non-hydrogen) atoms. The lowest BCUT2D eigenvalue weighted by Gasteiger charge is -2.33. The zero-order valence-corrected chi connectivity index (χ0v) is 16.0. The van der Waals surface area contributed by atoms with E-state index in [0.29, 0.717) is 23.7 Å². The second-order valence-corrected chi connectivity index (χ2v) is 7.05. The SMILES string of the molecule is CCC1Oc2ccc([N+](=O)[O-])cc2N(CC(=O)c2ccc(C(C)C)cc2)C1=O. The number of hydrogen-bond acceptors (Lipinski definition) is 5. The molecule has 0 spiro atoms. The number of non-ortho nitro benzene ring substituents is 1. The third-order valence-electron chi connectivity index (χ3n) is 4.83. The summed E-state index contributed by atoms with van der Waals surface area (Å²) < 4.78 is 5.66. The van der Waals surface area contributed by atoms with Crippen LogP contribution < -0.4 is 9.64 Å². The highest BCUT2D eigenvalue weighted by Crippen LogP contribution is 2.37. The van der Waals surface area contributed by atoms with Gasteiger partial charge in [0.25, 0.3) is 11.6 Å². The van der Waals surface area contributed by atoms with Gasteiger partial charge < -0.3 is 4.74 Å². The molecule has 0 N–H and O–H groups in total. The Morgan fingerprint density at radius 1 is 1.21 bits per heavy atom. The third-order valence-corrected chi connectivity index (χ3v) is 4.83. The highest BCUT2D eigenvalue weighted by molar-refractivity contribution is 6.08. The van der Waals surface area contributed by atoms with Crippen molar-refractivity contribution in [3.63, 3.8) is 0 Å². The fourth-order valence-electron chi connectivity index (χ4n) is 3.14. The maximum atomic E-state index is 12.8. The van der Waals surface area contributed by atoms with Crippen molar-refractivity contribution in [2.75, 3.05) is 11.4 Å². The molecule has 0 aliphatic carbocycles. The van der Waals surface area contributed by atoms with Crippen molar-refractivity contribution in [3.05, 3.63) is 63.7 Å². The van der Waals surface area contributed by atoms with E-state index in [2.05, 4.69) is 13.8 Å². The number of nitro benzene ring substituents is 1. The number of ether oxygens (including phenoxy) is 1.